The zero-order valence-corrected chi connectivity index (χ0v) is 15.6. The fourth-order valence-corrected chi connectivity index (χ4v) is 3.40. The van der Waals surface area contributed by atoms with Gasteiger partial charge in [-0.05, 0) is 49.4 Å². The van der Waals surface area contributed by atoms with Crippen LogP contribution in [0, 0.1) is 12.8 Å². The molecule has 1 aromatic carbocycles. The Morgan fingerprint density at radius 1 is 1.33 bits per heavy atom. The van der Waals surface area contributed by atoms with Crippen molar-refractivity contribution < 1.29 is 4.79 Å². The van der Waals surface area contributed by atoms with Crippen molar-refractivity contribution in [3.63, 3.8) is 0 Å². The zero-order chi connectivity index (χ0) is 17.1. The Morgan fingerprint density at radius 2 is 2.17 bits per heavy atom. The highest BCUT2D eigenvalue weighted by Crippen LogP contribution is 2.24. The van der Waals surface area contributed by atoms with E-state index in [2.05, 4.69) is 38.1 Å². The summed E-state index contributed by atoms with van der Waals surface area (Å²) in [6, 6.07) is 7.73. The molecule has 2 aromatic rings. The van der Waals surface area contributed by atoms with E-state index < -0.39 is 0 Å². The fourth-order valence-electron chi connectivity index (χ4n) is 3.02. The van der Waals surface area contributed by atoms with E-state index in [1.54, 1.807) is 6.20 Å². The summed E-state index contributed by atoms with van der Waals surface area (Å²) < 4.78 is 0.981. The van der Waals surface area contributed by atoms with Crippen LogP contribution < -0.4 is 10.2 Å². The Morgan fingerprint density at radius 3 is 2.92 bits per heavy atom. The molecule has 1 aromatic heterocycles. The quantitative estimate of drug-likeness (QED) is 0.833. The van der Waals surface area contributed by atoms with Crippen LogP contribution in [0.25, 0.3) is 0 Å². The lowest BCUT2D eigenvalue weighted by Crippen LogP contribution is -2.34. The summed E-state index contributed by atoms with van der Waals surface area (Å²) in [5, 5.41) is 2.94. The number of aromatic nitrogens is 1. The molecule has 1 aliphatic rings. The van der Waals surface area contributed by atoms with Gasteiger partial charge in [0, 0.05) is 29.4 Å². The molecule has 1 saturated heterocycles. The van der Waals surface area contributed by atoms with Gasteiger partial charge in [0.25, 0.3) is 5.91 Å². The third kappa shape index (κ3) is 3.96. The third-order valence-electron chi connectivity index (χ3n) is 4.44. The number of hydrogen-bond donors (Lipinski definition) is 1. The molecule has 0 spiro atoms. The summed E-state index contributed by atoms with van der Waals surface area (Å²) in [5.41, 5.74) is 3.52. The molecule has 3 rings (SSSR count). The van der Waals surface area contributed by atoms with Gasteiger partial charge in [-0.15, -0.1) is 0 Å². The van der Waals surface area contributed by atoms with Crippen molar-refractivity contribution >= 4 is 33.2 Å². The largest absolute Gasteiger partial charge is 0.370 e. The lowest BCUT2D eigenvalue weighted by Gasteiger charge is -2.32. The highest BCUT2D eigenvalue weighted by atomic mass is 79.9. The summed E-state index contributed by atoms with van der Waals surface area (Å²) in [7, 11) is 0. The van der Waals surface area contributed by atoms with Gasteiger partial charge in [0.2, 0.25) is 0 Å². The smallest absolute Gasteiger partial charge is 0.257 e. The average Bonchev–Trinajstić information content (AvgIpc) is 2.58. The number of benzene rings is 1. The van der Waals surface area contributed by atoms with Gasteiger partial charge in [0.15, 0.2) is 0 Å². The number of nitrogens with one attached hydrogen (secondary N) is 1. The number of hydrogen-bond acceptors (Lipinski definition) is 3. The Balaban J connectivity index is 1.75. The van der Waals surface area contributed by atoms with E-state index in [-0.39, 0.29) is 5.91 Å². The molecule has 1 fully saturated rings. The van der Waals surface area contributed by atoms with E-state index in [0.29, 0.717) is 11.5 Å². The van der Waals surface area contributed by atoms with E-state index in [1.165, 1.54) is 12.8 Å². The number of halogens is 1. The SMILES string of the molecule is Cc1ccc(NC(=O)c2cncc(N3CCCC(C)C3)c2)cc1Br. The molecule has 1 amide bonds. The third-order valence-corrected chi connectivity index (χ3v) is 5.29. The van der Waals surface area contributed by atoms with Crippen molar-refractivity contribution in [2.24, 2.45) is 5.92 Å². The van der Waals surface area contributed by atoms with Crippen molar-refractivity contribution in [1.82, 2.24) is 4.98 Å². The molecule has 0 saturated carbocycles. The number of aryl methyl sites for hydroxylation is 1. The number of carbonyl (C=O) groups excluding carboxylic acids is 1. The van der Waals surface area contributed by atoms with Crippen LogP contribution in [0.1, 0.15) is 35.7 Å². The second-order valence-electron chi connectivity index (χ2n) is 6.54. The number of anilines is 2. The predicted molar refractivity (Wildman–Crippen MR) is 102 cm³/mol. The monoisotopic (exact) mass is 387 g/mol. The standard InChI is InChI=1S/C19H22BrN3O/c1-13-4-3-7-23(12-13)17-8-15(10-21-11-17)19(24)22-16-6-5-14(2)18(20)9-16/h5-6,8-11,13H,3-4,7,12H2,1-2H3,(H,22,24). The van der Waals surface area contributed by atoms with Crippen LogP contribution in [-0.2, 0) is 0 Å². The molecule has 1 aliphatic heterocycles. The number of rotatable bonds is 3. The van der Waals surface area contributed by atoms with Crippen LogP contribution in [0.2, 0.25) is 0 Å². The highest BCUT2D eigenvalue weighted by Gasteiger charge is 2.18. The van der Waals surface area contributed by atoms with Crippen molar-refractivity contribution in [2.45, 2.75) is 26.7 Å². The van der Waals surface area contributed by atoms with E-state index in [1.807, 2.05) is 37.4 Å². The minimum atomic E-state index is -0.134. The van der Waals surface area contributed by atoms with Crippen molar-refractivity contribution in [1.29, 1.82) is 0 Å². The molecule has 1 atom stereocenters. The number of nitrogens with zero attached hydrogens (tertiary/aromatic N) is 2. The summed E-state index contributed by atoms with van der Waals surface area (Å²) in [6.07, 6.45) is 5.92. The molecule has 0 radical (unpaired) electrons. The molecule has 1 unspecified atom stereocenters. The lowest BCUT2D eigenvalue weighted by molar-refractivity contribution is 0.102. The Hall–Kier alpha value is -1.88. The van der Waals surface area contributed by atoms with Crippen LogP contribution in [-0.4, -0.2) is 24.0 Å². The number of piperidine rings is 1. The predicted octanol–water partition coefficient (Wildman–Crippen LogP) is 4.64. The topological polar surface area (TPSA) is 45.2 Å². The summed E-state index contributed by atoms with van der Waals surface area (Å²) >= 11 is 3.49. The second kappa shape index (κ2) is 7.34. The molecule has 126 valence electrons. The first-order valence-corrected chi connectivity index (χ1v) is 9.10. The normalized spacial score (nSPS) is 17.6. The molecular weight excluding hydrogens is 366 g/mol. The van der Waals surface area contributed by atoms with Gasteiger partial charge >= 0.3 is 0 Å². The van der Waals surface area contributed by atoms with E-state index in [0.717, 1.165) is 34.5 Å². The molecule has 5 heteroatoms. The van der Waals surface area contributed by atoms with Gasteiger partial charge in [-0.2, -0.15) is 0 Å². The van der Waals surface area contributed by atoms with Gasteiger partial charge in [-0.3, -0.25) is 9.78 Å². The van der Waals surface area contributed by atoms with Crippen LogP contribution in [0.15, 0.2) is 41.1 Å². The maximum Gasteiger partial charge on any atom is 0.257 e. The molecule has 4 nitrogen and oxygen atoms in total. The lowest BCUT2D eigenvalue weighted by atomic mass is 10.00. The van der Waals surface area contributed by atoms with E-state index >= 15 is 0 Å². The van der Waals surface area contributed by atoms with Gasteiger partial charge in [0.1, 0.15) is 0 Å². The van der Waals surface area contributed by atoms with Crippen molar-refractivity contribution in [2.75, 3.05) is 23.3 Å². The molecule has 2 heterocycles. The van der Waals surface area contributed by atoms with Gasteiger partial charge in [0.05, 0.1) is 17.4 Å². The summed E-state index contributed by atoms with van der Waals surface area (Å²) in [5.74, 6) is 0.548. The molecular formula is C19H22BrN3O. The molecule has 1 N–H and O–H groups in total. The van der Waals surface area contributed by atoms with Gasteiger partial charge in [-0.25, -0.2) is 0 Å². The van der Waals surface area contributed by atoms with Crippen LogP contribution >= 0.6 is 15.9 Å². The second-order valence-corrected chi connectivity index (χ2v) is 7.40. The Kier molecular flexibility index (Phi) is 5.19. The Labute approximate surface area is 151 Å². The van der Waals surface area contributed by atoms with Crippen LogP contribution in [0.3, 0.4) is 0 Å². The van der Waals surface area contributed by atoms with Gasteiger partial charge in [-0.1, -0.05) is 28.9 Å². The van der Waals surface area contributed by atoms with Crippen LogP contribution in [0.4, 0.5) is 11.4 Å². The maximum absolute atomic E-state index is 12.5. The first-order chi connectivity index (χ1) is 11.5. The minimum Gasteiger partial charge on any atom is -0.370 e. The number of amides is 1. The number of carbonyl (C=O) groups is 1. The zero-order valence-electron chi connectivity index (χ0n) is 14.1. The van der Waals surface area contributed by atoms with Crippen molar-refractivity contribution in [3.8, 4) is 0 Å². The van der Waals surface area contributed by atoms with E-state index in [9.17, 15) is 4.79 Å². The Bertz CT molecular complexity index is 747. The first-order valence-electron chi connectivity index (χ1n) is 8.30. The van der Waals surface area contributed by atoms with E-state index in [4.69, 9.17) is 0 Å². The van der Waals surface area contributed by atoms with Crippen LogP contribution in [0.5, 0.6) is 0 Å². The molecule has 0 aliphatic carbocycles. The maximum atomic E-state index is 12.5. The number of pyridine rings is 1. The first kappa shape index (κ1) is 17.0. The highest BCUT2D eigenvalue weighted by molar-refractivity contribution is 9.10. The van der Waals surface area contributed by atoms with Gasteiger partial charge < -0.3 is 10.2 Å². The van der Waals surface area contributed by atoms with Crippen molar-refractivity contribution in [3.05, 3.63) is 52.3 Å². The summed E-state index contributed by atoms with van der Waals surface area (Å²) in [4.78, 5) is 19.1. The molecule has 0 bridgehead atoms. The minimum absolute atomic E-state index is 0.134. The summed E-state index contributed by atoms with van der Waals surface area (Å²) in [6.45, 7) is 6.34. The average molecular weight is 388 g/mol. The molecule has 24 heavy (non-hydrogen) atoms. The fraction of sp³-hybridized carbons (Fsp3) is 0.368.